The summed E-state index contributed by atoms with van der Waals surface area (Å²) in [4.78, 5) is 16.4. The molecule has 0 unspecified atom stereocenters. The van der Waals surface area contributed by atoms with Crippen molar-refractivity contribution >= 4 is 23.2 Å². The van der Waals surface area contributed by atoms with Crippen LogP contribution in [0.15, 0.2) is 53.6 Å². The maximum atomic E-state index is 13.4. The van der Waals surface area contributed by atoms with Gasteiger partial charge in [-0.3, -0.25) is 4.79 Å². The number of aromatic nitrogens is 2. The van der Waals surface area contributed by atoms with Crippen LogP contribution in [0.2, 0.25) is 0 Å². The summed E-state index contributed by atoms with van der Waals surface area (Å²) >= 11 is 0. The number of hydrazone groups is 1. The summed E-state index contributed by atoms with van der Waals surface area (Å²) in [6.07, 6.45) is 1.28. The summed E-state index contributed by atoms with van der Waals surface area (Å²) in [5.41, 5.74) is 4.45. The van der Waals surface area contributed by atoms with E-state index in [4.69, 9.17) is 0 Å². The second-order valence-electron chi connectivity index (χ2n) is 5.05. The molecule has 1 amide bonds. The first-order valence-corrected chi connectivity index (χ1v) is 7.13. The molecule has 0 saturated carbocycles. The van der Waals surface area contributed by atoms with E-state index in [1.54, 1.807) is 18.2 Å². The van der Waals surface area contributed by atoms with Crippen LogP contribution in [0.1, 0.15) is 11.4 Å². The molecule has 0 atom stereocenters. The Balaban J connectivity index is 1.70. The predicted octanol–water partition coefficient (Wildman–Crippen LogP) is 2.63. The Bertz CT molecular complexity index is 885. The van der Waals surface area contributed by atoms with Gasteiger partial charge in [-0.05, 0) is 25.1 Å². The van der Waals surface area contributed by atoms with Gasteiger partial charge < -0.3 is 4.57 Å². The van der Waals surface area contributed by atoms with Crippen molar-refractivity contribution in [2.75, 3.05) is 0 Å². The van der Waals surface area contributed by atoms with E-state index < -0.39 is 0 Å². The normalized spacial score (nSPS) is 11.2. The third-order valence-corrected chi connectivity index (χ3v) is 3.45. The van der Waals surface area contributed by atoms with E-state index in [9.17, 15) is 9.18 Å². The monoisotopic (exact) mass is 310 g/mol. The van der Waals surface area contributed by atoms with Crippen LogP contribution in [0.4, 0.5) is 4.39 Å². The molecule has 0 spiro atoms. The summed E-state index contributed by atoms with van der Waals surface area (Å²) in [7, 11) is 0. The zero-order valence-electron chi connectivity index (χ0n) is 12.5. The number of hydrogen-bond donors (Lipinski definition) is 1. The van der Waals surface area contributed by atoms with Crippen molar-refractivity contribution < 1.29 is 9.18 Å². The number of carbonyl (C=O) groups excluding carboxylic acids is 1. The van der Waals surface area contributed by atoms with Crippen molar-refractivity contribution in [3.63, 3.8) is 0 Å². The number of fused-ring (bicyclic) bond motifs is 1. The molecule has 2 aromatic carbocycles. The van der Waals surface area contributed by atoms with E-state index in [1.807, 2.05) is 35.8 Å². The maximum Gasteiger partial charge on any atom is 0.260 e. The fraction of sp³-hybridized carbons (Fsp3) is 0.118. The quantitative estimate of drug-likeness (QED) is 0.595. The second-order valence-corrected chi connectivity index (χ2v) is 5.05. The molecule has 3 aromatic rings. The summed E-state index contributed by atoms with van der Waals surface area (Å²) < 4.78 is 15.2. The molecule has 1 N–H and O–H groups in total. The number of imidazole rings is 1. The average molecular weight is 310 g/mol. The molecule has 0 bridgehead atoms. The Hall–Kier alpha value is -3.02. The average Bonchev–Trinajstić information content (AvgIpc) is 2.85. The van der Waals surface area contributed by atoms with Gasteiger partial charge in [0.05, 0.1) is 17.2 Å². The summed E-state index contributed by atoms with van der Waals surface area (Å²) in [5, 5.41) is 3.79. The standard InChI is InChI=1S/C17H15FN4O/c1-12-20-15-8-4-5-9-16(15)22(12)11-17(23)21-19-10-13-6-2-3-7-14(13)18/h2-10H,11H2,1H3,(H,21,23)/b19-10+. The highest BCUT2D eigenvalue weighted by Gasteiger charge is 2.10. The van der Waals surface area contributed by atoms with Crippen molar-refractivity contribution in [1.82, 2.24) is 15.0 Å². The lowest BCUT2D eigenvalue weighted by Crippen LogP contribution is -2.23. The van der Waals surface area contributed by atoms with Crippen LogP contribution >= 0.6 is 0 Å². The van der Waals surface area contributed by atoms with E-state index in [0.29, 0.717) is 5.56 Å². The van der Waals surface area contributed by atoms with Gasteiger partial charge in [0.25, 0.3) is 5.91 Å². The molecule has 0 aliphatic carbocycles. The Morgan fingerprint density at radius 3 is 2.83 bits per heavy atom. The summed E-state index contributed by atoms with van der Waals surface area (Å²) in [5.74, 6) is 0.0604. The molecule has 0 fully saturated rings. The molecular formula is C17H15FN4O. The van der Waals surface area contributed by atoms with Crippen molar-refractivity contribution in [3.8, 4) is 0 Å². The first-order chi connectivity index (χ1) is 11.1. The van der Waals surface area contributed by atoms with Crippen molar-refractivity contribution in [2.45, 2.75) is 13.5 Å². The number of hydrogen-bond acceptors (Lipinski definition) is 3. The van der Waals surface area contributed by atoms with Crippen LogP contribution in [0.3, 0.4) is 0 Å². The van der Waals surface area contributed by atoms with Gasteiger partial charge in [0.2, 0.25) is 0 Å². The van der Waals surface area contributed by atoms with Gasteiger partial charge >= 0.3 is 0 Å². The number of halogens is 1. The number of benzene rings is 2. The first kappa shape index (κ1) is 14.9. The molecule has 0 saturated heterocycles. The molecule has 1 aromatic heterocycles. The molecule has 3 rings (SSSR count). The number of rotatable bonds is 4. The van der Waals surface area contributed by atoms with Crippen molar-refractivity contribution in [3.05, 3.63) is 65.7 Å². The number of para-hydroxylation sites is 2. The number of nitrogens with zero attached hydrogens (tertiary/aromatic N) is 3. The Kier molecular flexibility index (Phi) is 4.14. The van der Waals surface area contributed by atoms with E-state index in [0.717, 1.165) is 16.9 Å². The topological polar surface area (TPSA) is 59.3 Å². The minimum absolute atomic E-state index is 0.0982. The summed E-state index contributed by atoms with van der Waals surface area (Å²) in [6.45, 7) is 1.94. The highest BCUT2D eigenvalue weighted by Crippen LogP contribution is 2.14. The van der Waals surface area contributed by atoms with Crippen molar-refractivity contribution in [1.29, 1.82) is 0 Å². The first-order valence-electron chi connectivity index (χ1n) is 7.13. The lowest BCUT2D eigenvalue weighted by molar-refractivity contribution is -0.121. The second kappa shape index (κ2) is 6.39. The lowest BCUT2D eigenvalue weighted by atomic mass is 10.2. The minimum Gasteiger partial charge on any atom is -0.319 e. The van der Waals surface area contributed by atoms with Gasteiger partial charge in [-0.1, -0.05) is 30.3 Å². The van der Waals surface area contributed by atoms with Crippen LogP contribution in [0.25, 0.3) is 11.0 Å². The van der Waals surface area contributed by atoms with Crippen LogP contribution in [-0.4, -0.2) is 21.7 Å². The van der Waals surface area contributed by atoms with E-state index >= 15 is 0 Å². The zero-order valence-corrected chi connectivity index (χ0v) is 12.5. The van der Waals surface area contributed by atoms with E-state index in [-0.39, 0.29) is 18.3 Å². The van der Waals surface area contributed by atoms with Gasteiger partial charge in [0.15, 0.2) is 0 Å². The lowest BCUT2D eigenvalue weighted by Gasteiger charge is -2.05. The zero-order chi connectivity index (χ0) is 16.2. The highest BCUT2D eigenvalue weighted by molar-refractivity contribution is 5.84. The number of carbonyl (C=O) groups is 1. The Morgan fingerprint density at radius 1 is 1.26 bits per heavy atom. The third-order valence-electron chi connectivity index (χ3n) is 3.45. The van der Waals surface area contributed by atoms with Gasteiger partial charge in [-0.2, -0.15) is 5.10 Å². The predicted molar refractivity (Wildman–Crippen MR) is 86.6 cm³/mol. The molecular weight excluding hydrogens is 295 g/mol. The molecule has 6 heteroatoms. The molecule has 1 heterocycles. The van der Waals surface area contributed by atoms with Gasteiger partial charge in [0.1, 0.15) is 18.2 Å². The van der Waals surface area contributed by atoms with Crippen LogP contribution in [0.5, 0.6) is 0 Å². The SMILES string of the molecule is Cc1nc2ccccc2n1CC(=O)N/N=C/c1ccccc1F. The molecule has 116 valence electrons. The largest absolute Gasteiger partial charge is 0.319 e. The number of nitrogens with one attached hydrogen (secondary N) is 1. The fourth-order valence-electron chi connectivity index (χ4n) is 2.33. The summed E-state index contributed by atoms with van der Waals surface area (Å²) in [6, 6.07) is 13.8. The maximum absolute atomic E-state index is 13.4. The molecule has 5 nitrogen and oxygen atoms in total. The number of amides is 1. The van der Waals surface area contributed by atoms with E-state index in [2.05, 4.69) is 15.5 Å². The fourth-order valence-corrected chi connectivity index (χ4v) is 2.33. The molecule has 23 heavy (non-hydrogen) atoms. The van der Waals surface area contributed by atoms with Gasteiger partial charge in [-0.15, -0.1) is 0 Å². The Morgan fingerprint density at radius 2 is 2.00 bits per heavy atom. The third kappa shape index (κ3) is 3.26. The van der Waals surface area contributed by atoms with Gasteiger partial charge in [-0.25, -0.2) is 14.8 Å². The van der Waals surface area contributed by atoms with Crippen molar-refractivity contribution in [2.24, 2.45) is 5.10 Å². The molecule has 0 aliphatic heterocycles. The van der Waals surface area contributed by atoms with Crippen LogP contribution in [0, 0.1) is 12.7 Å². The smallest absolute Gasteiger partial charge is 0.260 e. The minimum atomic E-state index is -0.387. The number of aryl methyl sites for hydroxylation is 1. The highest BCUT2D eigenvalue weighted by atomic mass is 19.1. The van der Waals surface area contributed by atoms with Gasteiger partial charge in [0, 0.05) is 5.56 Å². The van der Waals surface area contributed by atoms with Crippen LogP contribution < -0.4 is 5.43 Å². The Labute approximate surface area is 132 Å². The van der Waals surface area contributed by atoms with Crippen LogP contribution in [-0.2, 0) is 11.3 Å². The molecule has 0 radical (unpaired) electrons. The van der Waals surface area contributed by atoms with E-state index in [1.165, 1.54) is 12.3 Å². The molecule has 0 aliphatic rings.